The van der Waals surface area contributed by atoms with E-state index in [2.05, 4.69) is 33.2 Å². The van der Waals surface area contributed by atoms with E-state index in [-0.39, 0.29) is 5.60 Å². The highest BCUT2D eigenvalue weighted by molar-refractivity contribution is 4.83. The predicted octanol–water partition coefficient (Wildman–Crippen LogP) is 2.51. The lowest BCUT2D eigenvalue weighted by molar-refractivity contribution is -0.106. The quantitative estimate of drug-likeness (QED) is 0.715. The van der Waals surface area contributed by atoms with E-state index in [0.717, 1.165) is 32.5 Å². The Labute approximate surface area is 93.5 Å². The van der Waals surface area contributed by atoms with Crippen molar-refractivity contribution in [3.05, 3.63) is 0 Å². The van der Waals surface area contributed by atoms with Crippen molar-refractivity contribution in [2.45, 2.75) is 58.6 Å². The van der Waals surface area contributed by atoms with Gasteiger partial charge in [0.1, 0.15) is 0 Å². The first-order valence-corrected chi connectivity index (χ1v) is 6.07. The standard InChI is InChI=1S/C12H25NO2/c1-5-12(4)8-11(6-7-14-12)13-15-9-10(2)3/h10-11,13H,5-9H2,1-4H3. The summed E-state index contributed by atoms with van der Waals surface area (Å²) in [6.45, 7) is 10.3. The molecular formula is C12H25NO2. The molecule has 0 aromatic heterocycles. The highest BCUT2D eigenvalue weighted by Crippen LogP contribution is 2.27. The van der Waals surface area contributed by atoms with Gasteiger partial charge in [-0.1, -0.05) is 20.8 Å². The van der Waals surface area contributed by atoms with Crippen molar-refractivity contribution in [2.24, 2.45) is 5.92 Å². The van der Waals surface area contributed by atoms with Crippen LogP contribution in [-0.4, -0.2) is 24.9 Å². The summed E-state index contributed by atoms with van der Waals surface area (Å²) in [5.41, 5.74) is 3.20. The van der Waals surface area contributed by atoms with Crippen LogP contribution in [0.1, 0.15) is 47.0 Å². The summed E-state index contributed by atoms with van der Waals surface area (Å²) >= 11 is 0. The van der Waals surface area contributed by atoms with Crippen LogP contribution < -0.4 is 5.48 Å². The van der Waals surface area contributed by atoms with Crippen LogP contribution in [0.3, 0.4) is 0 Å². The third kappa shape index (κ3) is 4.49. The van der Waals surface area contributed by atoms with Gasteiger partial charge in [0, 0.05) is 12.6 Å². The minimum Gasteiger partial charge on any atom is -0.375 e. The smallest absolute Gasteiger partial charge is 0.0705 e. The maximum absolute atomic E-state index is 5.78. The number of hydrogen-bond acceptors (Lipinski definition) is 3. The molecule has 1 heterocycles. The summed E-state index contributed by atoms with van der Waals surface area (Å²) in [5.74, 6) is 0.579. The first-order valence-electron chi connectivity index (χ1n) is 6.07. The van der Waals surface area contributed by atoms with E-state index in [1.54, 1.807) is 0 Å². The van der Waals surface area contributed by atoms with Crippen LogP contribution in [-0.2, 0) is 9.57 Å². The lowest BCUT2D eigenvalue weighted by Crippen LogP contribution is -2.45. The van der Waals surface area contributed by atoms with Crippen LogP contribution in [0.25, 0.3) is 0 Å². The van der Waals surface area contributed by atoms with Gasteiger partial charge < -0.3 is 9.57 Å². The summed E-state index contributed by atoms with van der Waals surface area (Å²) in [7, 11) is 0. The lowest BCUT2D eigenvalue weighted by Gasteiger charge is -2.37. The van der Waals surface area contributed by atoms with E-state index in [9.17, 15) is 0 Å². The van der Waals surface area contributed by atoms with Crippen molar-refractivity contribution < 1.29 is 9.57 Å². The van der Waals surface area contributed by atoms with Crippen molar-refractivity contribution in [3.8, 4) is 0 Å². The van der Waals surface area contributed by atoms with E-state index in [0.29, 0.717) is 12.0 Å². The van der Waals surface area contributed by atoms with Crippen LogP contribution >= 0.6 is 0 Å². The first kappa shape index (κ1) is 12.9. The van der Waals surface area contributed by atoms with Crippen molar-refractivity contribution in [1.82, 2.24) is 5.48 Å². The predicted molar refractivity (Wildman–Crippen MR) is 61.6 cm³/mol. The van der Waals surface area contributed by atoms with E-state index in [4.69, 9.17) is 9.57 Å². The molecule has 2 atom stereocenters. The maximum Gasteiger partial charge on any atom is 0.0705 e. The molecule has 0 spiro atoms. The second-order valence-electron chi connectivity index (χ2n) is 5.16. The summed E-state index contributed by atoms with van der Waals surface area (Å²) < 4.78 is 5.78. The van der Waals surface area contributed by atoms with Gasteiger partial charge in [0.2, 0.25) is 0 Å². The first-order chi connectivity index (χ1) is 7.06. The molecule has 1 fully saturated rings. The van der Waals surface area contributed by atoms with Gasteiger partial charge in [0.15, 0.2) is 0 Å². The molecule has 1 saturated heterocycles. The third-order valence-electron chi connectivity index (χ3n) is 3.01. The number of hydroxylamine groups is 1. The van der Waals surface area contributed by atoms with E-state index < -0.39 is 0 Å². The molecule has 1 N–H and O–H groups in total. The van der Waals surface area contributed by atoms with Gasteiger partial charge in [-0.3, -0.25) is 0 Å². The van der Waals surface area contributed by atoms with Gasteiger partial charge in [-0.25, -0.2) is 0 Å². The Hall–Kier alpha value is -0.120. The molecule has 1 aliphatic heterocycles. The Bertz CT molecular complexity index is 184. The van der Waals surface area contributed by atoms with Gasteiger partial charge in [-0.2, -0.15) is 5.48 Å². The fourth-order valence-electron chi connectivity index (χ4n) is 1.81. The topological polar surface area (TPSA) is 30.5 Å². The number of nitrogens with one attached hydrogen (secondary N) is 1. The molecule has 0 aromatic carbocycles. The molecule has 3 nitrogen and oxygen atoms in total. The summed E-state index contributed by atoms with van der Waals surface area (Å²) in [5, 5.41) is 0. The second kappa shape index (κ2) is 5.83. The van der Waals surface area contributed by atoms with Crippen LogP contribution in [0.15, 0.2) is 0 Å². The molecular weight excluding hydrogens is 190 g/mol. The minimum absolute atomic E-state index is 0.0388. The Morgan fingerprint density at radius 1 is 1.53 bits per heavy atom. The zero-order valence-corrected chi connectivity index (χ0v) is 10.5. The molecule has 0 aromatic rings. The second-order valence-corrected chi connectivity index (χ2v) is 5.16. The van der Waals surface area contributed by atoms with Crippen molar-refractivity contribution in [3.63, 3.8) is 0 Å². The fourth-order valence-corrected chi connectivity index (χ4v) is 1.81. The Kier molecular flexibility index (Phi) is 5.03. The van der Waals surface area contributed by atoms with Crippen LogP contribution in [0, 0.1) is 5.92 Å². The lowest BCUT2D eigenvalue weighted by atomic mass is 9.90. The van der Waals surface area contributed by atoms with Gasteiger partial charge in [-0.15, -0.1) is 0 Å². The average Bonchev–Trinajstić information content (AvgIpc) is 2.17. The normalized spacial score (nSPS) is 32.2. The van der Waals surface area contributed by atoms with Crippen LogP contribution in [0.5, 0.6) is 0 Å². The number of ether oxygens (including phenoxy) is 1. The van der Waals surface area contributed by atoms with Crippen LogP contribution in [0.4, 0.5) is 0 Å². The zero-order chi connectivity index (χ0) is 11.3. The largest absolute Gasteiger partial charge is 0.375 e. The van der Waals surface area contributed by atoms with Gasteiger partial charge in [0.25, 0.3) is 0 Å². The van der Waals surface area contributed by atoms with E-state index in [1.165, 1.54) is 0 Å². The Morgan fingerprint density at radius 3 is 2.87 bits per heavy atom. The summed E-state index contributed by atoms with van der Waals surface area (Å²) in [6, 6.07) is 0.447. The summed E-state index contributed by atoms with van der Waals surface area (Å²) in [6.07, 6.45) is 3.16. The molecule has 0 saturated carbocycles. The molecule has 0 aliphatic carbocycles. The Morgan fingerprint density at radius 2 is 2.27 bits per heavy atom. The molecule has 15 heavy (non-hydrogen) atoms. The molecule has 1 rings (SSSR count). The molecule has 2 unspecified atom stereocenters. The molecule has 0 radical (unpaired) electrons. The van der Waals surface area contributed by atoms with E-state index in [1.807, 2.05) is 0 Å². The molecule has 3 heteroatoms. The van der Waals surface area contributed by atoms with Crippen molar-refractivity contribution >= 4 is 0 Å². The van der Waals surface area contributed by atoms with Gasteiger partial charge >= 0.3 is 0 Å². The third-order valence-corrected chi connectivity index (χ3v) is 3.01. The zero-order valence-electron chi connectivity index (χ0n) is 10.5. The maximum atomic E-state index is 5.78. The summed E-state index contributed by atoms with van der Waals surface area (Å²) in [4.78, 5) is 5.47. The van der Waals surface area contributed by atoms with Gasteiger partial charge in [0.05, 0.1) is 12.2 Å². The monoisotopic (exact) mass is 215 g/mol. The van der Waals surface area contributed by atoms with Crippen molar-refractivity contribution in [1.29, 1.82) is 0 Å². The SMILES string of the molecule is CCC1(C)CC(NOCC(C)C)CCO1. The minimum atomic E-state index is 0.0388. The fraction of sp³-hybridized carbons (Fsp3) is 1.00. The molecule has 1 aliphatic rings. The average molecular weight is 215 g/mol. The molecule has 90 valence electrons. The number of hydrogen-bond donors (Lipinski definition) is 1. The Balaban J connectivity index is 2.24. The molecule has 0 bridgehead atoms. The van der Waals surface area contributed by atoms with Crippen molar-refractivity contribution in [2.75, 3.05) is 13.2 Å². The van der Waals surface area contributed by atoms with Gasteiger partial charge in [-0.05, 0) is 32.1 Å². The van der Waals surface area contributed by atoms with Crippen LogP contribution in [0.2, 0.25) is 0 Å². The van der Waals surface area contributed by atoms with E-state index >= 15 is 0 Å². The highest BCUT2D eigenvalue weighted by atomic mass is 16.6. The number of rotatable bonds is 5. The molecule has 0 amide bonds. The highest BCUT2D eigenvalue weighted by Gasteiger charge is 2.31.